The number of carboxylic acids is 1. The normalized spacial score (nSPS) is 20.7. The second kappa shape index (κ2) is 10.9. The molecule has 0 aliphatic heterocycles. The van der Waals surface area contributed by atoms with Crippen molar-refractivity contribution in [2.24, 2.45) is 11.8 Å². The minimum atomic E-state index is -1.02. The molecule has 2 aliphatic rings. The predicted octanol–water partition coefficient (Wildman–Crippen LogP) is 4.70. The zero-order valence-electron chi connectivity index (χ0n) is 20.3. The van der Waals surface area contributed by atoms with E-state index in [1.807, 2.05) is 38.1 Å². The number of carbonyl (C=O) groups excluding carboxylic acids is 2. The van der Waals surface area contributed by atoms with Crippen molar-refractivity contribution in [2.75, 3.05) is 6.61 Å². The van der Waals surface area contributed by atoms with Crippen molar-refractivity contribution in [1.82, 2.24) is 10.6 Å². The van der Waals surface area contributed by atoms with Gasteiger partial charge in [-0.3, -0.25) is 4.79 Å². The van der Waals surface area contributed by atoms with E-state index in [0.717, 1.165) is 24.0 Å². The van der Waals surface area contributed by atoms with Crippen LogP contribution < -0.4 is 10.6 Å². The summed E-state index contributed by atoms with van der Waals surface area (Å²) < 4.78 is 5.65. The molecule has 0 spiro atoms. The van der Waals surface area contributed by atoms with Gasteiger partial charge in [0.15, 0.2) is 0 Å². The summed E-state index contributed by atoms with van der Waals surface area (Å²) >= 11 is 0. The number of alkyl carbamates (subject to hydrolysis) is 1. The fourth-order valence-corrected chi connectivity index (χ4v) is 5.32. The van der Waals surface area contributed by atoms with Gasteiger partial charge >= 0.3 is 12.1 Å². The van der Waals surface area contributed by atoms with Gasteiger partial charge in [0.2, 0.25) is 5.91 Å². The number of aliphatic carboxylic acids is 1. The van der Waals surface area contributed by atoms with Gasteiger partial charge in [-0.25, -0.2) is 9.59 Å². The number of nitrogens with one attached hydrogen (secondary N) is 2. The van der Waals surface area contributed by atoms with Crippen LogP contribution in [0.1, 0.15) is 63.0 Å². The number of carboxylic acid groups (broad SMARTS) is 1. The predicted molar refractivity (Wildman–Crippen MR) is 133 cm³/mol. The molecule has 0 bridgehead atoms. The fraction of sp³-hybridized carbons (Fsp3) is 0.464. The molecule has 0 saturated heterocycles. The van der Waals surface area contributed by atoms with Crippen LogP contribution >= 0.6 is 0 Å². The van der Waals surface area contributed by atoms with E-state index in [0.29, 0.717) is 19.3 Å². The van der Waals surface area contributed by atoms with E-state index in [4.69, 9.17) is 4.74 Å². The number of rotatable bonds is 8. The largest absolute Gasteiger partial charge is 0.480 e. The van der Waals surface area contributed by atoms with Crippen LogP contribution in [0.4, 0.5) is 4.79 Å². The van der Waals surface area contributed by atoms with E-state index in [2.05, 4.69) is 34.9 Å². The topological polar surface area (TPSA) is 105 Å². The Morgan fingerprint density at radius 3 is 2.26 bits per heavy atom. The molecule has 3 N–H and O–H groups in total. The Labute approximate surface area is 206 Å². The first-order chi connectivity index (χ1) is 16.9. The van der Waals surface area contributed by atoms with Crippen LogP contribution in [0.2, 0.25) is 0 Å². The third kappa shape index (κ3) is 5.50. The maximum absolute atomic E-state index is 12.8. The Kier molecular flexibility index (Phi) is 7.73. The Balaban J connectivity index is 1.32. The highest BCUT2D eigenvalue weighted by Gasteiger charge is 2.33. The molecule has 0 radical (unpaired) electrons. The molecule has 4 atom stereocenters. The Hall–Kier alpha value is -3.35. The quantitative estimate of drug-likeness (QED) is 0.510. The number of benzene rings is 2. The second-order valence-corrected chi connectivity index (χ2v) is 9.74. The molecule has 2 aliphatic carbocycles. The summed E-state index contributed by atoms with van der Waals surface area (Å²) in [6, 6.07) is 15.3. The molecule has 1 saturated carbocycles. The van der Waals surface area contributed by atoms with E-state index >= 15 is 0 Å². The van der Waals surface area contributed by atoms with E-state index in [9.17, 15) is 19.5 Å². The van der Waals surface area contributed by atoms with Crippen molar-refractivity contribution in [2.45, 2.75) is 64.0 Å². The highest BCUT2D eigenvalue weighted by Crippen LogP contribution is 2.44. The van der Waals surface area contributed by atoms with Crippen molar-refractivity contribution < 1.29 is 24.2 Å². The first-order valence-electron chi connectivity index (χ1n) is 12.5. The molecule has 4 rings (SSSR count). The third-order valence-electron chi connectivity index (χ3n) is 7.49. The molecule has 2 aromatic rings. The van der Waals surface area contributed by atoms with E-state index < -0.39 is 18.1 Å². The Bertz CT molecular complexity index is 1040. The molecular formula is C28H34N2O5. The van der Waals surface area contributed by atoms with Crippen LogP contribution in [-0.2, 0) is 14.3 Å². The first kappa shape index (κ1) is 24.8. The summed E-state index contributed by atoms with van der Waals surface area (Å²) in [5.41, 5.74) is 4.67. The zero-order chi connectivity index (χ0) is 24.9. The van der Waals surface area contributed by atoms with Crippen molar-refractivity contribution >= 4 is 18.0 Å². The highest BCUT2D eigenvalue weighted by atomic mass is 16.5. The molecule has 7 heteroatoms. The minimum absolute atomic E-state index is 0.00783. The van der Waals surface area contributed by atoms with Gasteiger partial charge < -0.3 is 20.5 Å². The van der Waals surface area contributed by atoms with Crippen molar-refractivity contribution in [1.29, 1.82) is 0 Å². The Morgan fingerprint density at radius 2 is 1.66 bits per heavy atom. The lowest BCUT2D eigenvalue weighted by molar-refractivity contribution is -0.144. The third-order valence-corrected chi connectivity index (χ3v) is 7.49. The summed E-state index contributed by atoms with van der Waals surface area (Å²) in [4.78, 5) is 37.0. The Morgan fingerprint density at radius 1 is 1.03 bits per heavy atom. The number of hydrogen-bond donors (Lipinski definition) is 3. The summed E-state index contributed by atoms with van der Waals surface area (Å²) in [6.07, 6.45) is 2.88. The minimum Gasteiger partial charge on any atom is -0.480 e. The van der Waals surface area contributed by atoms with Gasteiger partial charge in [0, 0.05) is 17.9 Å². The van der Waals surface area contributed by atoms with Gasteiger partial charge in [-0.1, -0.05) is 75.2 Å². The van der Waals surface area contributed by atoms with Gasteiger partial charge in [0.05, 0.1) is 0 Å². The fourth-order valence-electron chi connectivity index (χ4n) is 5.32. The van der Waals surface area contributed by atoms with Crippen molar-refractivity contribution in [3.8, 4) is 11.1 Å². The summed E-state index contributed by atoms with van der Waals surface area (Å²) in [5.74, 6) is -1.76. The van der Waals surface area contributed by atoms with E-state index in [1.165, 1.54) is 11.1 Å². The number of carbonyl (C=O) groups is 3. The molecule has 3 unspecified atom stereocenters. The number of amides is 2. The van der Waals surface area contributed by atoms with Gasteiger partial charge in [0.25, 0.3) is 0 Å². The van der Waals surface area contributed by atoms with Crippen LogP contribution in [0.25, 0.3) is 11.1 Å². The van der Waals surface area contributed by atoms with Gasteiger partial charge in [0.1, 0.15) is 12.6 Å². The SMILES string of the molecule is CCC(C)[C@H](NC(=O)C1CCCC(NC(=O)OCC2c3ccccc3-c3ccccc32)C1)C(=O)O. The second-order valence-electron chi connectivity index (χ2n) is 9.74. The van der Waals surface area contributed by atoms with Crippen molar-refractivity contribution in [3.63, 3.8) is 0 Å². The summed E-state index contributed by atoms with van der Waals surface area (Å²) in [7, 11) is 0. The highest BCUT2D eigenvalue weighted by molar-refractivity contribution is 5.85. The maximum Gasteiger partial charge on any atom is 0.407 e. The number of fused-ring (bicyclic) bond motifs is 3. The van der Waals surface area contributed by atoms with Crippen LogP contribution in [0, 0.1) is 11.8 Å². The average molecular weight is 479 g/mol. The van der Waals surface area contributed by atoms with Gasteiger partial charge in [-0.15, -0.1) is 0 Å². The molecule has 2 aromatic carbocycles. The first-order valence-corrected chi connectivity index (χ1v) is 12.5. The summed E-state index contributed by atoms with van der Waals surface area (Å²) in [6.45, 7) is 3.97. The summed E-state index contributed by atoms with van der Waals surface area (Å²) in [5, 5.41) is 15.1. The van der Waals surface area contributed by atoms with Crippen LogP contribution in [0.3, 0.4) is 0 Å². The molecule has 0 heterocycles. The average Bonchev–Trinajstić information content (AvgIpc) is 3.19. The van der Waals surface area contributed by atoms with Crippen LogP contribution in [0.15, 0.2) is 48.5 Å². The lowest BCUT2D eigenvalue weighted by atomic mass is 9.84. The van der Waals surface area contributed by atoms with Crippen LogP contribution in [-0.4, -0.2) is 41.8 Å². The lowest BCUT2D eigenvalue weighted by Gasteiger charge is -2.30. The molecule has 35 heavy (non-hydrogen) atoms. The molecular weight excluding hydrogens is 444 g/mol. The maximum atomic E-state index is 12.8. The van der Waals surface area contributed by atoms with E-state index in [1.54, 1.807) is 0 Å². The zero-order valence-corrected chi connectivity index (χ0v) is 20.3. The molecule has 7 nitrogen and oxygen atoms in total. The van der Waals surface area contributed by atoms with Crippen molar-refractivity contribution in [3.05, 3.63) is 59.7 Å². The smallest absolute Gasteiger partial charge is 0.407 e. The molecule has 0 aromatic heterocycles. The monoisotopic (exact) mass is 478 g/mol. The molecule has 1 fully saturated rings. The number of ether oxygens (including phenoxy) is 1. The van der Waals surface area contributed by atoms with Gasteiger partial charge in [-0.2, -0.15) is 0 Å². The standard InChI is InChI=1S/C28H34N2O5/c1-3-17(2)25(27(32)33)30-26(31)18-9-8-10-19(15-18)29-28(34)35-16-24-22-13-6-4-11-20(22)21-12-5-7-14-23(21)24/h4-7,11-14,17-19,24-25H,3,8-10,15-16H2,1-2H3,(H,29,34)(H,30,31)(H,32,33)/t17?,18?,19?,25-/m0/s1. The van der Waals surface area contributed by atoms with Crippen LogP contribution in [0.5, 0.6) is 0 Å². The van der Waals surface area contributed by atoms with Gasteiger partial charge in [-0.05, 0) is 47.4 Å². The number of hydrogen-bond acceptors (Lipinski definition) is 4. The molecule has 186 valence electrons. The molecule has 2 amide bonds. The van der Waals surface area contributed by atoms with E-state index in [-0.39, 0.29) is 36.3 Å². The lowest BCUT2D eigenvalue weighted by Crippen LogP contribution is -2.49.